The Kier molecular flexibility index (Phi) is 7.91. The lowest BCUT2D eigenvalue weighted by Crippen LogP contribution is -2.56. The molecule has 0 spiro atoms. The third-order valence-corrected chi connectivity index (χ3v) is 16.6. The minimum atomic E-state index is -1.96. The molecule has 0 aromatic carbocycles. The second kappa shape index (κ2) is 9.00. The number of aliphatic hydroxyl groups excluding tert-OH is 1. The van der Waals surface area contributed by atoms with Gasteiger partial charge in [0.15, 0.2) is 16.6 Å². The Morgan fingerprint density at radius 1 is 0.897 bits per heavy atom. The van der Waals surface area contributed by atoms with Gasteiger partial charge >= 0.3 is 0 Å². The fourth-order valence-electron chi connectivity index (χ4n) is 3.39. The summed E-state index contributed by atoms with van der Waals surface area (Å²) in [6.45, 7) is 23.9. The number of hydrogen-bond acceptors (Lipinski definition) is 5. The summed E-state index contributed by atoms with van der Waals surface area (Å²) >= 11 is 0. The fourth-order valence-corrected chi connectivity index (χ4v) is 5.76. The zero-order chi connectivity index (χ0) is 22.3. The van der Waals surface area contributed by atoms with Crippen molar-refractivity contribution in [2.45, 2.75) is 128 Å². The second-order valence-electron chi connectivity index (χ2n) is 12.0. The van der Waals surface area contributed by atoms with Crippen LogP contribution in [0.3, 0.4) is 0 Å². The van der Waals surface area contributed by atoms with Gasteiger partial charge in [0.2, 0.25) is 0 Å². The Morgan fingerprint density at radius 2 is 1.48 bits per heavy atom. The highest BCUT2D eigenvalue weighted by Gasteiger charge is 2.47. The summed E-state index contributed by atoms with van der Waals surface area (Å²) in [5.74, 6) is 0. The molecule has 2 saturated heterocycles. The minimum absolute atomic E-state index is 0.00830. The first-order valence-electron chi connectivity index (χ1n) is 11.3. The summed E-state index contributed by atoms with van der Waals surface area (Å²) in [6, 6.07) is 0. The Bertz CT molecular complexity index is 538. The Hall–Kier alpha value is 0.234. The Labute approximate surface area is 181 Å². The van der Waals surface area contributed by atoms with Crippen molar-refractivity contribution < 1.29 is 23.4 Å². The highest BCUT2D eigenvalue weighted by Crippen LogP contribution is 2.41. The molecule has 0 aromatic heterocycles. The van der Waals surface area contributed by atoms with E-state index in [1.807, 2.05) is 0 Å². The predicted molar refractivity (Wildman–Crippen MR) is 123 cm³/mol. The lowest BCUT2D eigenvalue weighted by molar-refractivity contribution is -0.185. The van der Waals surface area contributed by atoms with Crippen LogP contribution < -0.4 is 0 Å². The van der Waals surface area contributed by atoms with Crippen molar-refractivity contribution in [3.05, 3.63) is 0 Å². The first-order chi connectivity index (χ1) is 13.0. The molecule has 5 nitrogen and oxygen atoms in total. The van der Waals surface area contributed by atoms with Gasteiger partial charge in [0, 0.05) is 19.4 Å². The topological polar surface area (TPSA) is 57.2 Å². The molecule has 172 valence electrons. The number of fused-ring (bicyclic) bond motifs is 1. The maximum Gasteiger partial charge on any atom is 0.192 e. The summed E-state index contributed by atoms with van der Waals surface area (Å²) in [5.41, 5.74) is 0. The van der Waals surface area contributed by atoms with Crippen LogP contribution in [0.2, 0.25) is 36.3 Å². The van der Waals surface area contributed by atoms with E-state index in [1.54, 1.807) is 0 Å². The van der Waals surface area contributed by atoms with E-state index in [2.05, 4.69) is 67.7 Å². The molecule has 0 aromatic rings. The molecule has 2 aliphatic heterocycles. The number of ether oxygens (including phenoxy) is 2. The van der Waals surface area contributed by atoms with Gasteiger partial charge in [0.1, 0.15) is 6.10 Å². The maximum absolute atomic E-state index is 10.2. The van der Waals surface area contributed by atoms with E-state index in [0.29, 0.717) is 26.1 Å². The van der Waals surface area contributed by atoms with Crippen LogP contribution in [-0.2, 0) is 18.3 Å². The summed E-state index contributed by atoms with van der Waals surface area (Å²) in [7, 11) is -3.84. The molecule has 5 atom stereocenters. The minimum Gasteiger partial charge on any atom is -0.414 e. The van der Waals surface area contributed by atoms with Crippen molar-refractivity contribution in [3.63, 3.8) is 0 Å². The molecule has 7 heteroatoms. The summed E-state index contributed by atoms with van der Waals surface area (Å²) in [6.07, 6.45) is 1.53. The van der Waals surface area contributed by atoms with E-state index in [4.69, 9.17) is 18.3 Å². The number of rotatable bonds is 5. The monoisotopic (exact) mass is 446 g/mol. The largest absolute Gasteiger partial charge is 0.414 e. The fraction of sp³-hybridized carbons (Fsp3) is 1.00. The third-order valence-electron chi connectivity index (χ3n) is 7.60. The SMILES string of the molecule is CC(C)(C)[Si](C)(C)OC[C@H]1O[C@H]2C[C@@H](O)CCO[C@@H]2C[C@@H]1O[Si](C)(C)C(C)(C)C. The summed E-state index contributed by atoms with van der Waals surface area (Å²) in [5, 5.41) is 10.5. The third kappa shape index (κ3) is 6.37. The van der Waals surface area contributed by atoms with E-state index in [1.165, 1.54) is 0 Å². The molecular weight excluding hydrogens is 400 g/mol. The van der Waals surface area contributed by atoms with Crippen LogP contribution in [0.4, 0.5) is 0 Å². The smallest absolute Gasteiger partial charge is 0.192 e. The molecule has 0 bridgehead atoms. The van der Waals surface area contributed by atoms with Crippen LogP contribution in [0.25, 0.3) is 0 Å². The predicted octanol–water partition coefficient (Wildman–Crippen LogP) is 5.10. The molecule has 0 amide bonds. The van der Waals surface area contributed by atoms with Gasteiger partial charge in [0.05, 0.1) is 31.0 Å². The lowest BCUT2D eigenvalue weighted by Gasteiger charge is -2.47. The van der Waals surface area contributed by atoms with Gasteiger partial charge in [-0.3, -0.25) is 0 Å². The van der Waals surface area contributed by atoms with E-state index in [9.17, 15) is 5.11 Å². The van der Waals surface area contributed by atoms with Gasteiger partial charge in [-0.2, -0.15) is 0 Å². The molecule has 2 fully saturated rings. The number of hydrogen-bond donors (Lipinski definition) is 1. The van der Waals surface area contributed by atoms with Crippen LogP contribution in [0, 0.1) is 0 Å². The van der Waals surface area contributed by atoms with Crippen LogP contribution in [0.15, 0.2) is 0 Å². The zero-order valence-electron chi connectivity index (χ0n) is 20.5. The van der Waals surface area contributed by atoms with Crippen molar-refractivity contribution in [2.75, 3.05) is 13.2 Å². The van der Waals surface area contributed by atoms with Crippen LogP contribution in [-0.4, -0.2) is 65.5 Å². The van der Waals surface area contributed by atoms with Crippen molar-refractivity contribution in [3.8, 4) is 0 Å². The van der Waals surface area contributed by atoms with Gasteiger partial charge < -0.3 is 23.4 Å². The summed E-state index contributed by atoms with van der Waals surface area (Å²) < 4.78 is 26.0. The Morgan fingerprint density at radius 3 is 2.03 bits per heavy atom. The Balaban J connectivity index is 2.19. The average Bonchev–Trinajstić information content (AvgIpc) is 2.70. The molecule has 2 aliphatic rings. The summed E-state index contributed by atoms with van der Waals surface area (Å²) in [4.78, 5) is 0. The van der Waals surface area contributed by atoms with Gasteiger partial charge in [-0.15, -0.1) is 0 Å². The van der Waals surface area contributed by atoms with E-state index < -0.39 is 16.6 Å². The molecule has 2 heterocycles. The first-order valence-corrected chi connectivity index (χ1v) is 17.1. The van der Waals surface area contributed by atoms with E-state index in [0.717, 1.165) is 6.42 Å². The average molecular weight is 447 g/mol. The van der Waals surface area contributed by atoms with Crippen molar-refractivity contribution in [2.24, 2.45) is 0 Å². The standard InChI is InChI=1S/C22H46O5Si2/c1-21(2,3)28(7,8)25-15-20-19(27-29(9,10)22(4,5)6)14-17-18(26-20)13-16(23)11-12-24-17/h16-20,23H,11-15H2,1-10H3/t16-,17+,18-,19-,20+/m0/s1. The maximum atomic E-state index is 10.2. The van der Waals surface area contributed by atoms with Gasteiger partial charge in [-0.1, -0.05) is 41.5 Å². The highest BCUT2D eigenvalue weighted by molar-refractivity contribution is 6.74. The molecule has 0 saturated carbocycles. The molecular formula is C22H46O5Si2. The lowest BCUT2D eigenvalue weighted by atomic mass is 9.95. The molecule has 29 heavy (non-hydrogen) atoms. The van der Waals surface area contributed by atoms with Gasteiger partial charge in [-0.25, -0.2) is 0 Å². The molecule has 0 unspecified atom stereocenters. The van der Waals surface area contributed by atoms with Crippen molar-refractivity contribution in [1.29, 1.82) is 0 Å². The van der Waals surface area contributed by atoms with Crippen LogP contribution in [0.1, 0.15) is 60.8 Å². The second-order valence-corrected chi connectivity index (χ2v) is 21.6. The van der Waals surface area contributed by atoms with Gasteiger partial charge in [0.25, 0.3) is 0 Å². The van der Waals surface area contributed by atoms with E-state index in [-0.39, 0.29) is 40.6 Å². The molecule has 1 N–H and O–H groups in total. The van der Waals surface area contributed by atoms with Crippen molar-refractivity contribution >= 4 is 16.6 Å². The number of aliphatic hydroxyl groups is 1. The quantitative estimate of drug-likeness (QED) is 0.596. The highest BCUT2D eigenvalue weighted by atomic mass is 28.4. The van der Waals surface area contributed by atoms with Gasteiger partial charge in [-0.05, 0) is 42.7 Å². The molecule has 2 rings (SSSR count). The first kappa shape index (κ1) is 25.5. The molecule has 0 radical (unpaired) electrons. The molecule has 0 aliphatic carbocycles. The van der Waals surface area contributed by atoms with Crippen LogP contribution >= 0.6 is 0 Å². The van der Waals surface area contributed by atoms with Crippen LogP contribution in [0.5, 0.6) is 0 Å². The zero-order valence-corrected chi connectivity index (χ0v) is 22.5. The van der Waals surface area contributed by atoms with E-state index >= 15 is 0 Å². The normalized spacial score (nSPS) is 32.6. The van der Waals surface area contributed by atoms with Crippen molar-refractivity contribution in [1.82, 2.24) is 0 Å².